The Labute approximate surface area is 128 Å². The van der Waals surface area contributed by atoms with E-state index in [4.69, 9.17) is 10.5 Å². The van der Waals surface area contributed by atoms with Crippen LogP contribution < -0.4 is 10.5 Å². The minimum atomic E-state index is 0.0691. The predicted molar refractivity (Wildman–Crippen MR) is 87.8 cm³/mol. The van der Waals surface area contributed by atoms with Gasteiger partial charge < -0.3 is 15.4 Å². The minimum Gasteiger partial charge on any atom is -0.497 e. The standard InChI is InChI=1S/C17H29N3O/c1-6-20(12(2)11-19(3)4)16-9-13-7-8-14(21-5)10-15(13)17(16)18/h7-8,10,12,16-17H,6,9,11,18H2,1-5H3. The quantitative estimate of drug-likeness (QED) is 0.869. The van der Waals surface area contributed by atoms with Crippen molar-refractivity contribution in [2.24, 2.45) is 5.73 Å². The maximum atomic E-state index is 6.55. The van der Waals surface area contributed by atoms with Gasteiger partial charge in [-0.25, -0.2) is 0 Å². The molecule has 1 aliphatic rings. The van der Waals surface area contributed by atoms with Crippen molar-refractivity contribution in [1.29, 1.82) is 0 Å². The van der Waals surface area contributed by atoms with Crippen LogP contribution in [0.5, 0.6) is 5.75 Å². The number of hydrogen-bond donors (Lipinski definition) is 1. The average Bonchev–Trinajstić information content (AvgIpc) is 2.76. The Hall–Kier alpha value is -1.10. The van der Waals surface area contributed by atoms with E-state index in [0.717, 1.165) is 25.3 Å². The fraction of sp³-hybridized carbons (Fsp3) is 0.647. The molecule has 3 unspecified atom stereocenters. The SMILES string of the molecule is CCN(C(C)CN(C)C)C1Cc2ccc(OC)cc2C1N. The molecule has 1 aromatic carbocycles. The first kappa shape index (κ1) is 16.3. The van der Waals surface area contributed by atoms with Crippen molar-refractivity contribution in [3.8, 4) is 5.75 Å². The van der Waals surface area contributed by atoms with Gasteiger partial charge in [-0.2, -0.15) is 0 Å². The maximum absolute atomic E-state index is 6.55. The molecule has 2 N–H and O–H groups in total. The topological polar surface area (TPSA) is 41.7 Å². The van der Waals surface area contributed by atoms with Gasteiger partial charge in [-0.05, 0) is 57.2 Å². The van der Waals surface area contributed by atoms with Crippen molar-refractivity contribution < 1.29 is 4.74 Å². The van der Waals surface area contributed by atoms with Crippen LogP contribution in [0.3, 0.4) is 0 Å². The van der Waals surface area contributed by atoms with Crippen molar-refractivity contribution in [2.45, 2.75) is 38.4 Å². The summed E-state index contributed by atoms with van der Waals surface area (Å²) in [5.41, 5.74) is 9.16. The lowest BCUT2D eigenvalue weighted by molar-refractivity contribution is 0.117. The molecule has 0 spiro atoms. The van der Waals surface area contributed by atoms with Gasteiger partial charge in [0.05, 0.1) is 7.11 Å². The first-order valence-corrected chi connectivity index (χ1v) is 7.80. The number of nitrogens with two attached hydrogens (primary N) is 1. The van der Waals surface area contributed by atoms with E-state index in [2.05, 4.69) is 49.9 Å². The molecule has 0 bridgehead atoms. The molecule has 0 aliphatic heterocycles. The molecule has 4 heteroatoms. The Morgan fingerprint density at radius 3 is 2.67 bits per heavy atom. The molecule has 0 heterocycles. The molecular weight excluding hydrogens is 262 g/mol. The van der Waals surface area contributed by atoms with E-state index in [-0.39, 0.29) is 6.04 Å². The molecule has 1 aliphatic carbocycles. The molecule has 0 saturated heterocycles. The highest BCUT2D eigenvalue weighted by Gasteiger charge is 2.35. The summed E-state index contributed by atoms with van der Waals surface area (Å²) in [6, 6.07) is 7.25. The number of benzene rings is 1. The second-order valence-corrected chi connectivity index (χ2v) is 6.30. The highest BCUT2D eigenvalue weighted by molar-refractivity contribution is 5.42. The van der Waals surface area contributed by atoms with Crippen molar-refractivity contribution in [2.75, 3.05) is 34.3 Å². The number of nitrogens with zero attached hydrogens (tertiary/aromatic N) is 2. The van der Waals surface area contributed by atoms with Gasteiger partial charge in [-0.3, -0.25) is 4.90 Å². The molecule has 0 aromatic heterocycles. The largest absolute Gasteiger partial charge is 0.497 e. The third-order valence-corrected chi connectivity index (χ3v) is 4.54. The average molecular weight is 291 g/mol. The third-order valence-electron chi connectivity index (χ3n) is 4.54. The molecule has 3 atom stereocenters. The third kappa shape index (κ3) is 3.39. The Morgan fingerprint density at radius 1 is 1.38 bits per heavy atom. The van der Waals surface area contributed by atoms with Crippen molar-refractivity contribution in [3.05, 3.63) is 29.3 Å². The van der Waals surface area contributed by atoms with E-state index in [1.165, 1.54) is 11.1 Å². The lowest BCUT2D eigenvalue weighted by Crippen LogP contribution is -2.49. The molecule has 2 rings (SSSR count). The highest BCUT2D eigenvalue weighted by atomic mass is 16.5. The molecule has 0 saturated carbocycles. The summed E-state index contributed by atoms with van der Waals surface area (Å²) in [6.07, 6.45) is 1.03. The van der Waals surface area contributed by atoms with E-state index >= 15 is 0 Å². The van der Waals surface area contributed by atoms with Crippen LogP contribution in [-0.2, 0) is 6.42 Å². The van der Waals surface area contributed by atoms with Gasteiger partial charge in [0, 0.05) is 24.7 Å². The molecule has 0 radical (unpaired) electrons. The first-order chi connectivity index (χ1) is 9.97. The van der Waals surface area contributed by atoms with Gasteiger partial charge in [0.15, 0.2) is 0 Å². The van der Waals surface area contributed by atoms with Crippen LogP contribution in [0.25, 0.3) is 0 Å². The van der Waals surface area contributed by atoms with Gasteiger partial charge in [0.2, 0.25) is 0 Å². The summed E-state index contributed by atoms with van der Waals surface area (Å²) >= 11 is 0. The van der Waals surface area contributed by atoms with Gasteiger partial charge in [-0.15, -0.1) is 0 Å². The fourth-order valence-corrected chi connectivity index (χ4v) is 3.59. The highest BCUT2D eigenvalue weighted by Crippen LogP contribution is 2.35. The predicted octanol–water partition coefficient (Wildman–Crippen LogP) is 1.89. The van der Waals surface area contributed by atoms with Crippen LogP contribution in [0.15, 0.2) is 18.2 Å². The summed E-state index contributed by atoms with van der Waals surface area (Å²) in [5.74, 6) is 0.897. The van der Waals surface area contributed by atoms with E-state index in [1.54, 1.807) is 7.11 Å². The van der Waals surface area contributed by atoms with Gasteiger partial charge >= 0.3 is 0 Å². The summed E-state index contributed by atoms with van der Waals surface area (Å²) in [7, 11) is 5.95. The van der Waals surface area contributed by atoms with Crippen molar-refractivity contribution in [1.82, 2.24) is 9.80 Å². The van der Waals surface area contributed by atoms with E-state index in [1.807, 2.05) is 6.07 Å². The van der Waals surface area contributed by atoms with Crippen LogP contribution >= 0.6 is 0 Å². The maximum Gasteiger partial charge on any atom is 0.119 e. The zero-order valence-corrected chi connectivity index (χ0v) is 14.0. The molecule has 1 aromatic rings. The van der Waals surface area contributed by atoms with E-state index in [0.29, 0.717) is 12.1 Å². The van der Waals surface area contributed by atoms with Crippen LogP contribution in [0.2, 0.25) is 0 Å². The molecular formula is C17H29N3O. The molecule has 21 heavy (non-hydrogen) atoms. The summed E-state index contributed by atoms with van der Waals surface area (Å²) in [6.45, 7) is 6.59. The van der Waals surface area contributed by atoms with Gasteiger partial charge in [0.25, 0.3) is 0 Å². The lowest BCUT2D eigenvalue weighted by Gasteiger charge is -2.37. The summed E-state index contributed by atoms with van der Waals surface area (Å²) in [5, 5.41) is 0. The zero-order valence-electron chi connectivity index (χ0n) is 14.0. The van der Waals surface area contributed by atoms with Crippen molar-refractivity contribution in [3.63, 3.8) is 0 Å². The van der Waals surface area contributed by atoms with Crippen LogP contribution in [0.1, 0.15) is 31.0 Å². The van der Waals surface area contributed by atoms with Crippen LogP contribution in [-0.4, -0.2) is 56.2 Å². The fourth-order valence-electron chi connectivity index (χ4n) is 3.59. The number of ether oxygens (including phenoxy) is 1. The van der Waals surface area contributed by atoms with Crippen LogP contribution in [0.4, 0.5) is 0 Å². The zero-order chi connectivity index (χ0) is 15.6. The number of fused-ring (bicyclic) bond motifs is 1. The summed E-state index contributed by atoms with van der Waals surface area (Å²) in [4.78, 5) is 4.78. The Kier molecular flexibility index (Phi) is 5.25. The first-order valence-electron chi connectivity index (χ1n) is 7.80. The van der Waals surface area contributed by atoms with E-state index in [9.17, 15) is 0 Å². The summed E-state index contributed by atoms with van der Waals surface area (Å²) < 4.78 is 5.33. The minimum absolute atomic E-state index is 0.0691. The van der Waals surface area contributed by atoms with Crippen molar-refractivity contribution >= 4 is 0 Å². The Bertz CT molecular complexity index is 475. The normalized spacial score (nSPS) is 22.7. The number of hydrogen-bond acceptors (Lipinski definition) is 4. The van der Waals surface area contributed by atoms with Gasteiger partial charge in [0.1, 0.15) is 5.75 Å². The Morgan fingerprint density at radius 2 is 2.10 bits per heavy atom. The van der Waals surface area contributed by atoms with Gasteiger partial charge in [-0.1, -0.05) is 13.0 Å². The molecule has 0 amide bonds. The molecule has 118 valence electrons. The van der Waals surface area contributed by atoms with Crippen LogP contribution in [0, 0.1) is 0 Å². The smallest absolute Gasteiger partial charge is 0.119 e. The second kappa shape index (κ2) is 6.77. The monoisotopic (exact) mass is 291 g/mol. The Balaban J connectivity index is 2.18. The number of likely N-dealkylation sites (N-methyl/N-ethyl adjacent to an activating group) is 2. The molecule has 0 fully saturated rings. The number of rotatable bonds is 6. The lowest BCUT2D eigenvalue weighted by atomic mass is 10.1. The second-order valence-electron chi connectivity index (χ2n) is 6.30. The van der Waals surface area contributed by atoms with E-state index < -0.39 is 0 Å². The molecule has 4 nitrogen and oxygen atoms in total. The number of methoxy groups -OCH3 is 1.